The fourth-order valence-corrected chi connectivity index (χ4v) is 4.37. The SMILES string of the molecule is Cn1nc2c(cc1=O)CN(CC(=O)N1CCO[C@@H]3CCCC[C@@H]31)CC2. The van der Waals surface area contributed by atoms with Crippen LogP contribution in [0.3, 0.4) is 0 Å². The van der Waals surface area contributed by atoms with Crippen LogP contribution < -0.4 is 5.56 Å². The Hall–Kier alpha value is -1.73. The molecule has 0 N–H and O–H groups in total. The molecule has 1 saturated carbocycles. The molecule has 7 nitrogen and oxygen atoms in total. The maximum atomic E-state index is 12.9. The molecule has 0 unspecified atom stereocenters. The summed E-state index contributed by atoms with van der Waals surface area (Å²) in [6, 6.07) is 1.91. The molecule has 136 valence electrons. The quantitative estimate of drug-likeness (QED) is 0.771. The third kappa shape index (κ3) is 3.35. The van der Waals surface area contributed by atoms with Gasteiger partial charge in [0.2, 0.25) is 5.91 Å². The van der Waals surface area contributed by atoms with Crippen LogP contribution in [0, 0.1) is 0 Å². The van der Waals surface area contributed by atoms with Crippen LogP contribution >= 0.6 is 0 Å². The molecule has 1 aromatic heterocycles. The number of hydrogen-bond donors (Lipinski definition) is 0. The van der Waals surface area contributed by atoms with Crippen molar-refractivity contribution in [2.24, 2.45) is 7.05 Å². The van der Waals surface area contributed by atoms with Crippen LogP contribution in [0.2, 0.25) is 0 Å². The zero-order valence-electron chi connectivity index (χ0n) is 14.8. The van der Waals surface area contributed by atoms with E-state index in [0.29, 0.717) is 26.2 Å². The Morgan fingerprint density at radius 2 is 2.16 bits per heavy atom. The lowest BCUT2D eigenvalue weighted by Gasteiger charge is -2.44. The molecule has 2 fully saturated rings. The first-order valence-electron chi connectivity index (χ1n) is 9.31. The van der Waals surface area contributed by atoms with E-state index in [2.05, 4.69) is 10.00 Å². The van der Waals surface area contributed by atoms with E-state index in [9.17, 15) is 9.59 Å². The molecule has 1 amide bonds. The van der Waals surface area contributed by atoms with Crippen LogP contribution in [0.15, 0.2) is 10.9 Å². The summed E-state index contributed by atoms with van der Waals surface area (Å²) < 4.78 is 7.26. The molecule has 0 aromatic carbocycles. The first-order chi connectivity index (χ1) is 12.1. The van der Waals surface area contributed by atoms with Gasteiger partial charge in [-0.25, -0.2) is 4.68 Å². The summed E-state index contributed by atoms with van der Waals surface area (Å²) in [6.45, 7) is 3.20. The Kier molecular flexibility index (Phi) is 4.60. The van der Waals surface area contributed by atoms with Gasteiger partial charge >= 0.3 is 0 Å². The highest BCUT2D eigenvalue weighted by atomic mass is 16.5. The van der Waals surface area contributed by atoms with E-state index in [4.69, 9.17) is 4.74 Å². The molecule has 2 aliphatic heterocycles. The Balaban J connectivity index is 1.42. The zero-order valence-corrected chi connectivity index (χ0v) is 14.8. The Morgan fingerprint density at radius 1 is 1.32 bits per heavy atom. The van der Waals surface area contributed by atoms with Gasteiger partial charge in [-0.1, -0.05) is 12.8 Å². The number of hydrogen-bond acceptors (Lipinski definition) is 5. The van der Waals surface area contributed by atoms with Gasteiger partial charge in [0.05, 0.1) is 31.0 Å². The molecular formula is C18H26N4O3. The van der Waals surface area contributed by atoms with Gasteiger partial charge in [0.1, 0.15) is 0 Å². The van der Waals surface area contributed by atoms with Crippen molar-refractivity contribution < 1.29 is 9.53 Å². The van der Waals surface area contributed by atoms with Crippen molar-refractivity contribution in [2.75, 3.05) is 26.2 Å². The summed E-state index contributed by atoms with van der Waals surface area (Å²) in [5.41, 5.74) is 1.84. The predicted molar refractivity (Wildman–Crippen MR) is 92.2 cm³/mol. The second-order valence-electron chi connectivity index (χ2n) is 7.39. The molecule has 0 radical (unpaired) electrons. The van der Waals surface area contributed by atoms with E-state index >= 15 is 0 Å². The van der Waals surface area contributed by atoms with Crippen molar-refractivity contribution in [1.82, 2.24) is 19.6 Å². The van der Waals surface area contributed by atoms with Gasteiger partial charge in [-0.15, -0.1) is 0 Å². The molecule has 1 aliphatic carbocycles. The first-order valence-corrected chi connectivity index (χ1v) is 9.31. The zero-order chi connectivity index (χ0) is 17.4. The average molecular weight is 346 g/mol. The Bertz CT molecular complexity index is 715. The minimum atomic E-state index is -0.0925. The summed E-state index contributed by atoms with van der Waals surface area (Å²) >= 11 is 0. The fourth-order valence-electron chi connectivity index (χ4n) is 4.37. The third-order valence-corrected chi connectivity index (χ3v) is 5.73. The Labute approximate surface area is 147 Å². The molecule has 1 aromatic rings. The molecule has 2 atom stereocenters. The van der Waals surface area contributed by atoms with Crippen molar-refractivity contribution in [1.29, 1.82) is 0 Å². The minimum absolute atomic E-state index is 0.0925. The molecule has 25 heavy (non-hydrogen) atoms. The largest absolute Gasteiger partial charge is 0.374 e. The van der Waals surface area contributed by atoms with Crippen LogP contribution in [0.5, 0.6) is 0 Å². The molecule has 0 spiro atoms. The number of carbonyl (C=O) groups is 1. The van der Waals surface area contributed by atoms with E-state index in [1.165, 1.54) is 17.5 Å². The highest BCUT2D eigenvalue weighted by Gasteiger charge is 2.37. The second-order valence-corrected chi connectivity index (χ2v) is 7.39. The number of aryl methyl sites for hydroxylation is 1. The van der Waals surface area contributed by atoms with Crippen LogP contribution in [-0.2, 0) is 29.5 Å². The standard InChI is InChI=1S/C18H26N4O3/c1-20-17(23)10-13-11-21(7-6-14(13)19-20)12-18(24)22-8-9-25-16-5-3-2-4-15(16)22/h10,15-16H,2-9,11-12H2,1H3/t15-,16+/m0/s1. The van der Waals surface area contributed by atoms with Crippen LogP contribution in [0.25, 0.3) is 0 Å². The summed E-state index contributed by atoms with van der Waals surface area (Å²) in [7, 11) is 1.68. The van der Waals surface area contributed by atoms with Crippen molar-refractivity contribution in [3.8, 4) is 0 Å². The lowest BCUT2D eigenvalue weighted by Crippen LogP contribution is -2.57. The van der Waals surface area contributed by atoms with Crippen molar-refractivity contribution in [3.63, 3.8) is 0 Å². The molecule has 7 heteroatoms. The molecule has 4 rings (SSSR count). The molecule has 3 aliphatic rings. The van der Waals surface area contributed by atoms with Gasteiger partial charge in [-0.05, 0) is 18.4 Å². The highest BCUT2D eigenvalue weighted by molar-refractivity contribution is 5.78. The van der Waals surface area contributed by atoms with Gasteiger partial charge in [-0.2, -0.15) is 5.10 Å². The van der Waals surface area contributed by atoms with Gasteiger partial charge < -0.3 is 9.64 Å². The number of ether oxygens (including phenoxy) is 1. The second kappa shape index (κ2) is 6.88. The van der Waals surface area contributed by atoms with Crippen molar-refractivity contribution in [2.45, 2.75) is 50.8 Å². The van der Waals surface area contributed by atoms with Gasteiger partial charge in [-0.3, -0.25) is 14.5 Å². The highest BCUT2D eigenvalue weighted by Crippen LogP contribution is 2.28. The predicted octanol–water partition coefficient (Wildman–Crippen LogP) is 0.308. The number of morpholine rings is 1. The fraction of sp³-hybridized carbons (Fsp3) is 0.722. The number of nitrogens with zero attached hydrogens (tertiary/aromatic N) is 4. The molecule has 1 saturated heterocycles. The maximum Gasteiger partial charge on any atom is 0.266 e. The van der Waals surface area contributed by atoms with Crippen LogP contribution in [0.1, 0.15) is 36.9 Å². The van der Waals surface area contributed by atoms with E-state index in [1.54, 1.807) is 13.1 Å². The molecule has 0 bridgehead atoms. The number of rotatable bonds is 2. The van der Waals surface area contributed by atoms with E-state index < -0.39 is 0 Å². The first kappa shape index (κ1) is 16.7. The summed E-state index contributed by atoms with van der Waals surface area (Å²) in [4.78, 5) is 28.9. The minimum Gasteiger partial charge on any atom is -0.374 e. The topological polar surface area (TPSA) is 67.7 Å². The monoisotopic (exact) mass is 346 g/mol. The summed E-state index contributed by atoms with van der Waals surface area (Å²) in [5.74, 6) is 0.195. The third-order valence-electron chi connectivity index (χ3n) is 5.73. The normalized spacial score (nSPS) is 26.8. The number of aromatic nitrogens is 2. The smallest absolute Gasteiger partial charge is 0.266 e. The molecule has 3 heterocycles. The van der Waals surface area contributed by atoms with Gasteiger partial charge in [0.25, 0.3) is 5.56 Å². The van der Waals surface area contributed by atoms with Crippen LogP contribution in [0.4, 0.5) is 0 Å². The van der Waals surface area contributed by atoms with E-state index in [0.717, 1.165) is 37.1 Å². The van der Waals surface area contributed by atoms with E-state index in [-0.39, 0.29) is 23.6 Å². The van der Waals surface area contributed by atoms with Crippen molar-refractivity contribution in [3.05, 3.63) is 27.7 Å². The number of carbonyl (C=O) groups excluding carboxylic acids is 1. The van der Waals surface area contributed by atoms with E-state index in [1.807, 2.05) is 4.90 Å². The van der Waals surface area contributed by atoms with Crippen LogP contribution in [-0.4, -0.2) is 63.9 Å². The summed E-state index contributed by atoms with van der Waals surface area (Å²) in [6.07, 6.45) is 5.51. The lowest BCUT2D eigenvalue weighted by molar-refractivity contribution is -0.150. The molecular weight excluding hydrogens is 320 g/mol. The van der Waals surface area contributed by atoms with Gasteiger partial charge in [0.15, 0.2) is 0 Å². The average Bonchev–Trinajstić information content (AvgIpc) is 2.62. The Morgan fingerprint density at radius 3 is 3.04 bits per heavy atom. The lowest BCUT2D eigenvalue weighted by atomic mass is 9.90. The van der Waals surface area contributed by atoms with Crippen molar-refractivity contribution >= 4 is 5.91 Å². The maximum absolute atomic E-state index is 12.9. The van der Waals surface area contributed by atoms with Gasteiger partial charge in [0, 0.05) is 39.2 Å². The number of fused-ring (bicyclic) bond motifs is 2. The summed E-state index contributed by atoms with van der Waals surface area (Å²) in [5, 5.41) is 4.34. The number of amides is 1.